The Hall–Kier alpha value is -0.800. The first-order valence-electron chi connectivity index (χ1n) is 7.53. The lowest BCUT2D eigenvalue weighted by atomic mass is 10.3. The molecule has 0 saturated heterocycles. The Labute approximate surface area is 177 Å². The fraction of sp³-hybridized carbons (Fsp3) is 0.353. The standard InChI is InChI=1S/C17H16Cl5NO3/c18-12(11-23)3-7-24-5-1-2-6-26-17-14(19)9-13(10-15(17)20)25-8-4-16(21)22/h3-4,9-10H,1-2,5-8H2. The van der Waals surface area contributed by atoms with Gasteiger partial charge in [0.25, 0.3) is 0 Å². The molecule has 0 aliphatic carbocycles. The summed E-state index contributed by atoms with van der Waals surface area (Å²) in [6.07, 6.45) is 4.54. The Morgan fingerprint density at radius 3 is 2.23 bits per heavy atom. The molecule has 0 radical (unpaired) electrons. The first-order chi connectivity index (χ1) is 12.4. The Morgan fingerprint density at radius 2 is 1.62 bits per heavy atom. The Balaban J connectivity index is 2.34. The molecule has 0 heterocycles. The van der Waals surface area contributed by atoms with Crippen molar-refractivity contribution in [1.29, 1.82) is 5.26 Å². The van der Waals surface area contributed by atoms with Gasteiger partial charge in [-0.1, -0.05) is 58.0 Å². The number of halogens is 5. The second-order valence-corrected chi connectivity index (χ2v) is 7.04. The molecule has 26 heavy (non-hydrogen) atoms. The Morgan fingerprint density at radius 1 is 0.962 bits per heavy atom. The van der Waals surface area contributed by atoms with Crippen molar-refractivity contribution < 1.29 is 14.2 Å². The first-order valence-corrected chi connectivity index (χ1v) is 9.42. The number of hydrogen-bond acceptors (Lipinski definition) is 4. The molecule has 1 aromatic carbocycles. The maximum absolute atomic E-state index is 8.48. The molecule has 0 atom stereocenters. The number of rotatable bonds is 11. The van der Waals surface area contributed by atoms with E-state index in [1.807, 2.05) is 0 Å². The third-order valence-electron chi connectivity index (χ3n) is 2.88. The highest BCUT2D eigenvalue weighted by molar-refractivity contribution is 6.55. The van der Waals surface area contributed by atoms with Crippen molar-refractivity contribution in [3.63, 3.8) is 0 Å². The van der Waals surface area contributed by atoms with Crippen LogP contribution in [0.15, 0.2) is 33.8 Å². The van der Waals surface area contributed by atoms with Crippen molar-refractivity contribution in [2.45, 2.75) is 12.8 Å². The van der Waals surface area contributed by atoms with Crippen LogP contribution < -0.4 is 9.47 Å². The molecule has 0 unspecified atom stereocenters. The third kappa shape index (κ3) is 9.78. The second kappa shape index (κ2) is 13.4. The SMILES string of the molecule is N#CC(Cl)=CCOCCCCOc1c(Cl)cc(OCC=C(Cl)Cl)cc1Cl. The van der Waals surface area contributed by atoms with Gasteiger partial charge in [0, 0.05) is 18.7 Å². The zero-order chi connectivity index (χ0) is 19.4. The number of ether oxygens (including phenoxy) is 3. The highest BCUT2D eigenvalue weighted by Gasteiger charge is 2.10. The molecule has 0 aromatic heterocycles. The molecular weight excluding hydrogens is 443 g/mol. The van der Waals surface area contributed by atoms with Gasteiger partial charge in [-0.3, -0.25) is 0 Å². The van der Waals surface area contributed by atoms with Crippen LogP contribution in [0.3, 0.4) is 0 Å². The molecule has 0 aliphatic rings. The average molecular weight is 460 g/mol. The maximum Gasteiger partial charge on any atom is 0.156 e. The van der Waals surface area contributed by atoms with Gasteiger partial charge in [-0.25, -0.2) is 0 Å². The van der Waals surface area contributed by atoms with Crippen LogP contribution in [0.5, 0.6) is 11.5 Å². The topological polar surface area (TPSA) is 51.5 Å². The second-order valence-electron chi connectivity index (χ2n) is 4.82. The van der Waals surface area contributed by atoms with Crippen LogP contribution in [-0.2, 0) is 4.74 Å². The molecular formula is C17H16Cl5NO3. The fourth-order valence-corrected chi connectivity index (χ4v) is 2.47. The van der Waals surface area contributed by atoms with Gasteiger partial charge < -0.3 is 14.2 Å². The quantitative estimate of drug-likeness (QED) is 0.279. The van der Waals surface area contributed by atoms with Crippen LogP contribution in [0.2, 0.25) is 10.0 Å². The van der Waals surface area contributed by atoms with E-state index < -0.39 is 0 Å². The fourth-order valence-electron chi connectivity index (χ4n) is 1.70. The molecule has 4 nitrogen and oxygen atoms in total. The minimum atomic E-state index is 0.117. The molecule has 0 aliphatic heterocycles. The van der Waals surface area contributed by atoms with Gasteiger partial charge in [0.05, 0.1) is 23.3 Å². The average Bonchev–Trinajstić information content (AvgIpc) is 2.58. The van der Waals surface area contributed by atoms with Gasteiger partial charge in [-0.2, -0.15) is 5.26 Å². The van der Waals surface area contributed by atoms with Crippen LogP contribution in [0.1, 0.15) is 12.8 Å². The van der Waals surface area contributed by atoms with E-state index in [0.717, 1.165) is 12.8 Å². The van der Waals surface area contributed by atoms with Crippen molar-refractivity contribution in [3.05, 3.63) is 43.9 Å². The number of unbranched alkanes of at least 4 members (excludes halogenated alkanes) is 1. The van der Waals surface area contributed by atoms with Crippen LogP contribution in [0.25, 0.3) is 0 Å². The van der Waals surface area contributed by atoms with E-state index in [1.165, 1.54) is 12.2 Å². The molecule has 1 rings (SSSR count). The summed E-state index contributed by atoms with van der Waals surface area (Å²) in [5.41, 5.74) is 0. The normalized spacial score (nSPS) is 11.0. The van der Waals surface area contributed by atoms with E-state index in [2.05, 4.69) is 0 Å². The van der Waals surface area contributed by atoms with E-state index in [1.54, 1.807) is 18.2 Å². The Bertz CT molecular complexity index is 658. The summed E-state index contributed by atoms with van der Waals surface area (Å²) in [5, 5.41) is 9.29. The van der Waals surface area contributed by atoms with E-state index in [0.29, 0.717) is 41.4 Å². The molecule has 142 valence electrons. The summed E-state index contributed by atoms with van der Waals surface area (Å²) in [7, 11) is 0. The van der Waals surface area contributed by atoms with Crippen molar-refractivity contribution in [3.8, 4) is 17.6 Å². The molecule has 9 heteroatoms. The monoisotopic (exact) mass is 457 g/mol. The highest BCUT2D eigenvalue weighted by atomic mass is 35.5. The molecule has 0 amide bonds. The van der Waals surface area contributed by atoms with Crippen LogP contribution >= 0.6 is 58.0 Å². The van der Waals surface area contributed by atoms with E-state index in [9.17, 15) is 0 Å². The number of nitrogens with zero attached hydrogens (tertiary/aromatic N) is 1. The van der Waals surface area contributed by atoms with Crippen molar-refractivity contribution in [2.75, 3.05) is 26.4 Å². The molecule has 0 saturated carbocycles. The lowest BCUT2D eigenvalue weighted by Crippen LogP contribution is -2.02. The van der Waals surface area contributed by atoms with Gasteiger partial charge in [0.15, 0.2) is 5.75 Å². The predicted octanol–water partition coefficient (Wildman–Crippen LogP) is 6.51. The maximum atomic E-state index is 8.48. The lowest BCUT2D eigenvalue weighted by Gasteiger charge is -2.12. The zero-order valence-electron chi connectivity index (χ0n) is 13.6. The van der Waals surface area contributed by atoms with Crippen LogP contribution in [0.4, 0.5) is 0 Å². The number of benzene rings is 1. The smallest absolute Gasteiger partial charge is 0.156 e. The summed E-state index contributed by atoms with van der Waals surface area (Å²) in [6, 6.07) is 5.01. The van der Waals surface area contributed by atoms with Gasteiger partial charge in [-0.15, -0.1) is 0 Å². The van der Waals surface area contributed by atoms with E-state index >= 15 is 0 Å². The van der Waals surface area contributed by atoms with Gasteiger partial charge >= 0.3 is 0 Å². The summed E-state index contributed by atoms with van der Waals surface area (Å²) < 4.78 is 16.5. The number of allylic oxidation sites excluding steroid dienone is 1. The van der Waals surface area contributed by atoms with Crippen LogP contribution in [0, 0.1) is 11.3 Å². The number of hydrogen-bond donors (Lipinski definition) is 0. The minimum Gasteiger partial charge on any atom is -0.490 e. The zero-order valence-corrected chi connectivity index (χ0v) is 17.4. The number of nitriles is 1. The third-order valence-corrected chi connectivity index (χ3v) is 3.98. The van der Waals surface area contributed by atoms with Crippen molar-refractivity contribution >= 4 is 58.0 Å². The van der Waals surface area contributed by atoms with Gasteiger partial charge in [-0.05, 0) is 25.0 Å². The molecule has 1 aromatic rings. The summed E-state index contributed by atoms with van der Waals surface area (Å²) in [6.45, 7) is 1.46. The summed E-state index contributed by atoms with van der Waals surface area (Å²) in [5.74, 6) is 0.881. The first kappa shape index (κ1) is 23.2. The lowest BCUT2D eigenvalue weighted by molar-refractivity contribution is 0.152. The van der Waals surface area contributed by atoms with Gasteiger partial charge in [0.2, 0.25) is 0 Å². The minimum absolute atomic E-state index is 0.117. The van der Waals surface area contributed by atoms with Crippen molar-refractivity contribution in [2.24, 2.45) is 0 Å². The predicted molar refractivity (Wildman–Crippen MR) is 107 cm³/mol. The van der Waals surface area contributed by atoms with Crippen molar-refractivity contribution in [1.82, 2.24) is 0 Å². The van der Waals surface area contributed by atoms with Crippen LogP contribution in [-0.4, -0.2) is 26.4 Å². The highest BCUT2D eigenvalue weighted by Crippen LogP contribution is 2.37. The molecule has 0 spiro atoms. The Kier molecular flexibility index (Phi) is 12.0. The summed E-state index contributed by atoms with van der Waals surface area (Å²) >= 11 is 28.9. The van der Waals surface area contributed by atoms with Gasteiger partial charge in [0.1, 0.15) is 27.9 Å². The molecule has 0 N–H and O–H groups in total. The molecule has 0 bridgehead atoms. The largest absolute Gasteiger partial charge is 0.490 e. The van der Waals surface area contributed by atoms with E-state index in [4.69, 9.17) is 77.5 Å². The molecule has 0 fully saturated rings. The van der Waals surface area contributed by atoms with E-state index in [-0.39, 0.29) is 16.1 Å². The summed E-state index contributed by atoms with van der Waals surface area (Å²) in [4.78, 5) is 0.